The average molecular weight is 688 g/mol. The highest BCUT2D eigenvalue weighted by Gasteiger charge is 2.20. The highest BCUT2D eigenvalue weighted by atomic mass is 31.2. The summed E-state index contributed by atoms with van der Waals surface area (Å²) in [6, 6.07) is 22.1. The molecule has 3 aromatic carbocycles. The molecule has 0 saturated carbocycles. The molecule has 5 rings (SSSR count). The van der Waals surface area contributed by atoms with Crippen molar-refractivity contribution in [3.8, 4) is 34.5 Å². The number of nitrogens with zero attached hydrogens (tertiary/aromatic N) is 3. The third-order valence-corrected chi connectivity index (χ3v) is 8.95. The second-order valence-corrected chi connectivity index (χ2v) is 12.6. The number of hydrogen-bond acceptors (Lipinski definition) is 10. The normalized spacial score (nSPS) is 11.6. The van der Waals surface area contributed by atoms with E-state index in [1.807, 2.05) is 42.5 Å². The minimum Gasteiger partial charge on any atom is -0.493 e. The summed E-state index contributed by atoms with van der Waals surface area (Å²) in [6.07, 6.45) is 3.37. The van der Waals surface area contributed by atoms with Crippen LogP contribution in [-0.2, 0) is 38.0 Å². The molecule has 0 aliphatic heterocycles. The number of aromatic nitrogens is 3. The summed E-state index contributed by atoms with van der Waals surface area (Å²) < 4.78 is 49.3. The van der Waals surface area contributed by atoms with Gasteiger partial charge in [-0.2, -0.15) is 0 Å². The van der Waals surface area contributed by atoms with Crippen molar-refractivity contribution in [1.29, 1.82) is 0 Å². The maximum absolute atomic E-state index is 13.1. The number of oxazole rings is 1. The maximum atomic E-state index is 13.1. The van der Waals surface area contributed by atoms with Crippen LogP contribution in [0.15, 0.2) is 89.2 Å². The molecular formula is C36H38N3O9P. The number of para-hydroxylation sites is 1. The third kappa shape index (κ3) is 9.26. The Morgan fingerprint density at radius 2 is 1.65 bits per heavy atom. The monoisotopic (exact) mass is 687 g/mol. The van der Waals surface area contributed by atoms with Gasteiger partial charge in [-0.05, 0) is 74.4 Å². The minimum absolute atomic E-state index is 0.0537. The van der Waals surface area contributed by atoms with Crippen molar-refractivity contribution in [3.63, 3.8) is 0 Å². The van der Waals surface area contributed by atoms with Gasteiger partial charge in [-0.25, -0.2) is 9.67 Å². The van der Waals surface area contributed by atoms with E-state index < -0.39 is 13.6 Å². The van der Waals surface area contributed by atoms with Gasteiger partial charge in [0.2, 0.25) is 11.8 Å². The number of ether oxygens (including phenoxy) is 3. The fraction of sp³-hybridized carbons (Fsp3) is 0.250. The second kappa shape index (κ2) is 16.3. The van der Waals surface area contributed by atoms with Crippen molar-refractivity contribution in [2.45, 2.75) is 40.4 Å². The molecule has 2 aromatic heterocycles. The van der Waals surface area contributed by atoms with Gasteiger partial charge in [0.1, 0.15) is 24.7 Å². The van der Waals surface area contributed by atoms with E-state index in [9.17, 15) is 9.36 Å². The zero-order valence-corrected chi connectivity index (χ0v) is 28.6. The molecule has 1 N–H and O–H groups in total. The van der Waals surface area contributed by atoms with E-state index >= 15 is 0 Å². The van der Waals surface area contributed by atoms with Crippen molar-refractivity contribution in [2.75, 3.05) is 20.3 Å². The number of rotatable bonds is 17. The van der Waals surface area contributed by atoms with Crippen molar-refractivity contribution in [1.82, 2.24) is 14.8 Å². The summed E-state index contributed by atoms with van der Waals surface area (Å²) >= 11 is 0. The number of benzene rings is 3. The van der Waals surface area contributed by atoms with Crippen LogP contribution >= 0.6 is 7.60 Å². The Labute approximate surface area is 284 Å². The van der Waals surface area contributed by atoms with Gasteiger partial charge in [-0.1, -0.05) is 36.4 Å². The molecule has 0 saturated heterocycles. The van der Waals surface area contributed by atoms with Gasteiger partial charge < -0.3 is 32.8 Å². The van der Waals surface area contributed by atoms with Crippen LogP contribution in [0.2, 0.25) is 0 Å². The second-order valence-electron chi connectivity index (χ2n) is 10.7. The first-order valence-corrected chi connectivity index (χ1v) is 17.2. The van der Waals surface area contributed by atoms with Gasteiger partial charge in [-0.3, -0.25) is 9.36 Å². The molecule has 0 atom stereocenters. The lowest BCUT2D eigenvalue weighted by Crippen LogP contribution is -2.02. The summed E-state index contributed by atoms with van der Waals surface area (Å²) in [4.78, 5) is 15.6. The van der Waals surface area contributed by atoms with E-state index in [-0.39, 0.29) is 32.8 Å². The Hall–Kier alpha value is -5.16. The van der Waals surface area contributed by atoms with Gasteiger partial charge in [0.15, 0.2) is 11.5 Å². The smallest absolute Gasteiger partial charge is 0.354 e. The molecule has 0 amide bonds. The standard InChI is InChI=1S/C36H38N3O9P/c1-5-46-49(42,47-6-2)19-18-29-22-39(30-10-8-7-9-11-30)38-36(29)45-23-27-14-17-32(33(20-27)43-4)44-24-31-25(3)48-35(37-31)28-15-12-26(13-16-28)21-34(40)41/h7-20,22H,5-6,21,23-24H2,1-4H3,(H,40,41). The third-order valence-electron chi connectivity index (χ3n) is 7.20. The van der Waals surface area contributed by atoms with Gasteiger partial charge in [-0.15, -0.1) is 5.10 Å². The molecule has 0 bridgehead atoms. The Kier molecular flexibility index (Phi) is 11.7. The van der Waals surface area contributed by atoms with Crippen molar-refractivity contribution in [2.24, 2.45) is 0 Å². The van der Waals surface area contributed by atoms with Crippen LogP contribution in [0.3, 0.4) is 0 Å². The van der Waals surface area contributed by atoms with Crippen LogP contribution in [0, 0.1) is 6.92 Å². The van der Waals surface area contributed by atoms with Gasteiger partial charge in [0.05, 0.1) is 38.0 Å². The first-order valence-electron chi connectivity index (χ1n) is 15.6. The molecule has 0 unspecified atom stereocenters. The number of carboxylic acid groups (broad SMARTS) is 1. The van der Waals surface area contributed by atoms with E-state index in [0.29, 0.717) is 45.9 Å². The SMILES string of the molecule is CCOP(=O)(C=Cc1cn(-c2ccccc2)nc1OCc1ccc(OCc2nc(-c3ccc(CC(=O)O)cc3)oc2C)c(OC)c1)OCC. The number of aliphatic carboxylic acids is 1. The van der Waals surface area contributed by atoms with E-state index in [4.69, 9.17) is 32.8 Å². The molecular weight excluding hydrogens is 649 g/mol. The molecule has 12 nitrogen and oxygen atoms in total. The zero-order chi connectivity index (χ0) is 34.8. The lowest BCUT2D eigenvalue weighted by Gasteiger charge is -2.13. The summed E-state index contributed by atoms with van der Waals surface area (Å²) in [7, 11) is -1.89. The number of carboxylic acids is 1. The van der Waals surface area contributed by atoms with E-state index in [1.54, 1.807) is 75.2 Å². The summed E-state index contributed by atoms with van der Waals surface area (Å²) in [6.45, 7) is 6.09. The minimum atomic E-state index is -3.45. The molecule has 0 aliphatic rings. The fourth-order valence-electron chi connectivity index (χ4n) is 4.81. The van der Waals surface area contributed by atoms with Gasteiger partial charge in [0, 0.05) is 17.6 Å². The maximum Gasteiger partial charge on any atom is 0.354 e. The topological polar surface area (TPSA) is 144 Å². The highest BCUT2D eigenvalue weighted by molar-refractivity contribution is 7.57. The Morgan fingerprint density at radius 3 is 2.33 bits per heavy atom. The molecule has 49 heavy (non-hydrogen) atoms. The predicted octanol–water partition coefficient (Wildman–Crippen LogP) is 7.87. The van der Waals surface area contributed by atoms with Gasteiger partial charge in [0.25, 0.3) is 0 Å². The first-order chi connectivity index (χ1) is 23.7. The summed E-state index contributed by atoms with van der Waals surface area (Å²) in [5.41, 5.74) is 4.26. The molecule has 0 spiro atoms. The van der Waals surface area contributed by atoms with Crippen LogP contribution in [0.5, 0.6) is 17.4 Å². The lowest BCUT2D eigenvalue weighted by atomic mass is 10.1. The van der Waals surface area contributed by atoms with Crippen molar-refractivity contribution >= 4 is 19.6 Å². The van der Waals surface area contributed by atoms with E-state index in [2.05, 4.69) is 10.1 Å². The Bertz CT molecular complexity index is 1930. The first kappa shape index (κ1) is 35.2. The molecule has 2 heterocycles. The molecule has 5 aromatic rings. The largest absolute Gasteiger partial charge is 0.493 e. The zero-order valence-electron chi connectivity index (χ0n) is 27.7. The molecule has 0 aliphatic carbocycles. The van der Waals surface area contributed by atoms with Crippen LogP contribution in [0.4, 0.5) is 0 Å². The number of aryl methyl sites for hydroxylation is 1. The van der Waals surface area contributed by atoms with Crippen LogP contribution in [-0.4, -0.2) is 46.2 Å². The fourth-order valence-corrected chi connectivity index (χ4v) is 6.12. The van der Waals surface area contributed by atoms with Crippen LogP contribution in [0.25, 0.3) is 23.2 Å². The Morgan fingerprint density at radius 1 is 0.939 bits per heavy atom. The quantitative estimate of drug-likeness (QED) is 0.0954. The molecule has 13 heteroatoms. The van der Waals surface area contributed by atoms with E-state index in [0.717, 1.165) is 16.8 Å². The highest BCUT2D eigenvalue weighted by Crippen LogP contribution is 2.50. The molecule has 0 radical (unpaired) electrons. The Balaban J connectivity index is 1.29. The van der Waals surface area contributed by atoms with Crippen molar-refractivity contribution < 1.29 is 42.1 Å². The van der Waals surface area contributed by atoms with E-state index in [1.165, 1.54) is 5.82 Å². The number of methoxy groups -OCH3 is 1. The van der Waals surface area contributed by atoms with Crippen LogP contribution in [0.1, 0.15) is 42.0 Å². The number of carbonyl (C=O) groups is 1. The lowest BCUT2D eigenvalue weighted by molar-refractivity contribution is -0.136. The summed E-state index contributed by atoms with van der Waals surface area (Å²) in [5, 5.41) is 13.6. The van der Waals surface area contributed by atoms with Crippen LogP contribution < -0.4 is 14.2 Å². The molecule has 0 fully saturated rings. The van der Waals surface area contributed by atoms with Gasteiger partial charge >= 0.3 is 13.6 Å². The van der Waals surface area contributed by atoms with Crippen molar-refractivity contribution in [3.05, 3.63) is 113 Å². The molecule has 256 valence electrons. The number of hydrogen-bond donors (Lipinski definition) is 1. The average Bonchev–Trinajstić information content (AvgIpc) is 3.69. The summed E-state index contributed by atoms with van der Waals surface area (Å²) in [5.74, 6) is 2.89. The predicted molar refractivity (Wildman–Crippen MR) is 183 cm³/mol.